The van der Waals surface area contributed by atoms with E-state index in [0.717, 1.165) is 5.56 Å². The van der Waals surface area contributed by atoms with Crippen molar-refractivity contribution in [2.75, 3.05) is 7.11 Å². The molecule has 16 heavy (non-hydrogen) atoms. The molecule has 5 heteroatoms. The summed E-state index contributed by atoms with van der Waals surface area (Å²) in [7, 11) is 1.58. The summed E-state index contributed by atoms with van der Waals surface area (Å²) in [5.41, 5.74) is 12.1. The summed E-state index contributed by atoms with van der Waals surface area (Å²) in [6.45, 7) is 1.93. The standard InChI is InChI=1S/C11H16N4O/c1-8(15-7-9(13)6-12)10-4-3-5-14-11(10)16-2/h3-8H,12-13H2,1-2H3/b9-6+,15-7?/t8-/m0/s1. The summed E-state index contributed by atoms with van der Waals surface area (Å²) in [6.07, 6.45) is 4.50. The van der Waals surface area contributed by atoms with Crippen LogP contribution in [0.5, 0.6) is 5.88 Å². The van der Waals surface area contributed by atoms with E-state index in [-0.39, 0.29) is 6.04 Å². The summed E-state index contributed by atoms with van der Waals surface area (Å²) in [5.74, 6) is 0.572. The van der Waals surface area contributed by atoms with Crippen LogP contribution in [0, 0.1) is 0 Å². The van der Waals surface area contributed by atoms with Crippen LogP contribution in [0.1, 0.15) is 18.5 Å². The monoisotopic (exact) mass is 220 g/mol. The molecule has 4 N–H and O–H groups in total. The fourth-order valence-corrected chi connectivity index (χ4v) is 1.21. The van der Waals surface area contributed by atoms with E-state index in [0.29, 0.717) is 11.6 Å². The molecule has 1 aromatic rings. The van der Waals surface area contributed by atoms with Gasteiger partial charge in [0, 0.05) is 24.2 Å². The molecule has 0 aliphatic carbocycles. The summed E-state index contributed by atoms with van der Waals surface area (Å²) in [4.78, 5) is 8.35. The van der Waals surface area contributed by atoms with Gasteiger partial charge in [-0.05, 0) is 19.1 Å². The highest BCUT2D eigenvalue weighted by Crippen LogP contribution is 2.24. The lowest BCUT2D eigenvalue weighted by atomic mass is 10.1. The van der Waals surface area contributed by atoms with Gasteiger partial charge in [0.25, 0.3) is 0 Å². The molecule has 0 radical (unpaired) electrons. The Morgan fingerprint density at radius 1 is 1.62 bits per heavy atom. The Balaban J connectivity index is 2.88. The highest BCUT2D eigenvalue weighted by molar-refractivity contribution is 5.77. The van der Waals surface area contributed by atoms with Crippen molar-refractivity contribution in [2.24, 2.45) is 16.5 Å². The molecule has 0 aromatic carbocycles. The van der Waals surface area contributed by atoms with Crippen molar-refractivity contribution in [3.05, 3.63) is 35.8 Å². The lowest BCUT2D eigenvalue weighted by Crippen LogP contribution is -2.03. The molecule has 0 spiro atoms. The molecule has 0 fully saturated rings. The average Bonchev–Trinajstić information content (AvgIpc) is 2.35. The molecule has 0 saturated heterocycles. The molecule has 5 nitrogen and oxygen atoms in total. The first-order valence-electron chi connectivity index (χ1n) is 4.88. The first-order chi connectivity index (χ1) is 7.69. The summed E-state index contributed by atoms with van der Waals surface area (Å²) < 4.78 is 5.14. The Morgan fingerprint density at radius 3 is 3.00 bits per heavy atom. The number of aliphatic imine (C=N–C) groups is 1. The van der Waals surface area contributed by atoms with Crippen molar-refractivity contribution in [1.82, 2.24) is 4.98 Å². The van der Waals surface area contributed by atoms with Gasteiger partial charge in [-0.1, -0.05) is 0 Å². The van der Waals surface area contributed by atoms with Gasteiger partial charge in [-0.2, -0.15) is 0 Å². The molecule has 0 aliphatic heterocycles. The molecule has 1 aromatic heterocycles. The first kappa shape index (κ1) is 12.0. The van der Waals surface area contributed by atoms with Crippen molar-refractivity contribution in [3.63, 3.8) is 0 Å². The number of ether oxygens (including phenoxy) is 1. The van der Waals surface area contributed by atoms with Gasteiger partial charge in [0.2, 0.25) is 5.88 Å². The van der Waals surface area contributed by atoms with E-state index in [1.54, 1.807) is 13.3 Å². The molecule has 1 heterocycles. The second-order valence-electron chi connectivity index (χ2n) is 3.22. The minimum atomic E-state index is -0.0813. The Kier molecular flexibility index (Phi) is 4.32. The number of aromatic nitrogens is 1. The third kappa shape index (κ3) is 2.98. The van der Waals surface area contributed by atoms with Gasteiger partial charge in [0.05, 0.1) is 18.8 Å². The van der Waals surface area contributed by atoms with E-state index in [1.165, 1.54) is 12.4 Å². The molecular formula is C11H16N4O. The summed E-state index contributed by atoms with van der Waals surface area (Å²) in [6, 6.07) is 3.67. The van der Waals surface area contributed by atoms with Gasteiger partial charge in [0.1, 0.15) is 0 Å². The van der Waals surface area contributed by atoms with Crippen LogP contribution in [0.3, 0.4) is 0 Å². The fraction of sp³-hybridized carbons (Fsp3) is 0.273. The van der Waals surface area contributed by atoms with Gasteiger partial charge >= 0.3 is 0 Å². The molecule has 1 rings (SSSR count). The second kappa shape index (κ2) is 5.75. The maximum Gasteiger partial charge on any atom is 0.218 e. The normalized spacial score (nSPS) is 14.0. The van der Waals surface area contributed by atoms with Gasteiger partial charge < -0.3 is 16.2 Å². The Labute approximate surface area is 94.8 Å². The minimum Gasteiger partial charge on any atom is -0.481 e. The van der Waals surface area contributed by atoms with E-state index in [9.17, 15) is 0 Å². The maximum absolute atomic E-state index is 5.51. The van der Waals surface area contributed by atoms with E-state index < -0.39 is 0 Å². The summed E-state index contributed by atoms with van der Waals surface area (Å²) in [5, 5.41) is 0. The summed E-state index contributed by atoms with van der Waals surface area (Å²) >= 11 is 0. The van der Waals surface area contributed by atoms with Crippen molar-refractivity contribution in [2.45, 2.75) is 13.0 Å². The van der Waals surface area contributed by atoms with Crippen LogP contribution in [0.15, 0.2) is 35.2 Å². The zero-order chi connectivity index (χ0) is 12.0. The average molecular weight is 220 g/mol. The van der Waals surface area contributed by atoms with Crippen LogP contribution in [0.25, 0.3) is 0 Å². The largest absolute Gasteiger partial charge is 0.481 e. The van der Waals surface area contributed by atoms with Crippen LogP contribution < -0.4 is 16.2 Å². The van der Waals surface area contributed by atoms with Crippen LogP contribution in [0.2, 0.25) is 0 Å². The van der Waals surface area contributed by atoms with Crippen LogP contribution in [-0.4, -0.2) is 18.3 Å². The molecule has 0 saturated carbocycles. The number of nitrogens with zero attached hydrogens (tertiary/aromatic N) is 2. The lowest BCUT2D eigenvalue weighted by Gasteiger charge is -2.10. The molecular weight excluding hydrogens is 204 g/mol. The highest BCUT2D eigenvalue weighted by atomic mass is 16.5. The second-order valence-corrected chi connectivity index (χ2v) is 3.22. The van der Waals surface area contributed by atoms with Crippen LogP contribution >= 0.6 is 0 Å². The first-order valence-corrected chi connectivity index (χ1v) is 4.88. The van der Waals surface area contributed by atoms with Crippen molar-refractivity contribution >= 4 is 6.21 Å². The number of hydrogen-bond donors (Lipinski definition) is 2. The smallest absolute Gasteiger partial charge is 0.218 e. The predicted octanol–water partition coefficient (Wildman–Crippen LogP) is 0.981. The number of methoxy groups -OCH3 is 1. The minimum absolute atomic E-state index is 0.0813. The Bertz CT molecular complexity index is 401. The molecule has 1 atom stereocenters. The third-order valence-corrected chi connectivity index (χ3v) is 2.08. The lowest BCUT2D eigenvalue weighted by molar-refractivity contribution is 0.390. The topological polar surface area (TPSA) is 86.5 Å². The highest BCUT2D eigenvalue weighted by Gasteiger charge is 2.09. The molecule has 0 aliphatic rings. The van der Waals surface area contributed by atoms with Crippen LogP contribution in [0.4, 0.5) is 0 Å². The molecule has 0 bridgehead atoms. The van der Waals surface area contributed by atoms with E-state index >= 15 is 0 Å². The van der Waals surface area contributed by atoms with Crippen molar-refractivity contribution in [1.29, 1.82) is 0 Å². The number of pyridine rings is 1. The number of nitrogens with two attached hydrogens (primary N) is 2. The fourth-order valence-electron chi connectivity index (χ4n) is 1.21. The zero-order valence-electron chi connectivity index (χ0n) is 9.42. The number of rotatable bonds is 4. The van der Waals surface area contributed by atoms with Gasteiger partial charge in [-0.25, -0.2) is 4.98 Å². The maximum atomic E-state index is 5.51. The molecule has 86 valence electrons. The Morgan fingerprint density at radius 2 is 2.38 bits per heavy atom. The van der Waals surface area contributed by atoms with Crippen LogP contribution in [-0.2, 0) is 0 Å². The SMILES string of the molecule is COc1ncccc1[C@H](C)N=C/C(N)=C\N. The van der Waals surface area contributed by atoms with Gasteiger partial charge in [0.15, 0.2) is 0 Å². The van der Waals surface area contributed by atoms with E-state index in [4.69, 9.17) is 16.2 Å². The van der Waals surface area contributed by atoms with E-state index in [2.05, 4.69) is 9.98 Å². The predicted molar refractivity (Wildman–Crippen MR) is 64.2 cm³/mol. The van der Waals surface area contributed by atoms with E-state index in [1.807, 2.05) is 19.1 Å². The Hall–Kier alpha value is -2.04. The quantitative estimate of drug-likeness (QED) is 0.740. The van der Waals surface area contributed by atoms with Crippen molar-refractivity contribution in [3.8, 4) is 5.88 Å². The molecule has 0 unspecified atom stereocenters. The van der Waals surface area contributed by atoms with Gasteiger partial charge in [-0.15, -0.1) is 0 Å². The van der Waals surface area contributed by atoms with Crippen molar-refractivity contribution < 1.29 is 4.74 Å². The third-order valence-electron chi connectivity index (χ3n) is 2.08. The number of hydrogen-bond acceptors (Lipinski definition) is 5. The van der Waals surface area contributed by atoms with Gasteiger partial charge in [-0.3, -0.25) is 4.99 Å². The molecule has 0 amide bonds. The number of allylic oxidation sites excluding steroid dienone is 1. The zero-order valence-corrected chi connectivity index (χ0v) is 9.42.